The van der Waals surface area contributed by atoms with Crippen molar-refractivity contribution in [1.82, 2.24) is 0 Å². The fraction of sp³-hybridized carbons (Fsp3) is 0.350. The predicted molar refractivity (Wildman–Crippen MR) is 92.6 cm³/mol. The van der Waals surface area contributed by atoms with Gasteiger partial charge in [-0.05, 0) is 61.6 Å². The highest BCUT2D eigenvalue weighted by molar-refractivity contribution is 6.22. The van der Waals surface area contributed by atoms with Crippen LogP contribution in [0, 0.1) is 17.8 Å². The van der Waals surface area contributed by atoms with Gasteiger partial charge in [-0.3, -0.25) is 14.5 Å². The number of rotatable bonds is 3. The third-order valence-electron chi connectivity index (χ3n) is 5.22. The van der Waals surface area contributed by atoms with E-state index in [2.05, 4.69) is 6.92 Å². The zero-order valence-corrected chi connectivity index (χ0v) is 14.4. The van der Waals surface area contributed by atoms with E-state index in [0.29, 0.717) is 17.4 Å². The molecule has 1 aliphatic carbocycles. The van der Waals surface area contributed by atoms with Crippen molar-refractivity contribution in [3.8, 4) is 5.75 Å². The molecule has 0 bridgehead atoms. The third-order valence-corrected chi connectivity index (χ3v) is 5.22. The van der Waals surface area contributed by atoms with Crippen molar-refractivity contribution >= 4 is 23.5 Å². The van der Waals surface area contributed by atoms with E-state index >= 15 is 0 Å². The van der Waals surface area contributed by atoms with Crippen molar-refractivity contribution in [3.05, 3.63) is 48.4 Å². The second kappa shape index (κ2) is 6.44. The maximum Gasteiger partial charge on any atom is 0.379 e. The molecule has 3 atom stereocenters. The van der Waals surface area contributed by atoms with Crippen LogP contribution >= 0.6 is 0 Å². The quantitative estimate of drug-likeness (QED) is 0.480. The number of furan rings is 1. The Morgan fingerprint density at radius 1 is 1.08 bits per heavy atom. The van der Waals surface area contributed by atoms with Crippen LogP contribution in [0.4, 0.5) is 5.69 Å². The van der Waals surface area contributed by atoms with Crippen molar-refractivity contribution in [3.63, 3.8) is 0 Å². The lowest BCUT2D eigenvalue weighted by atomic mass is 9.76. The van der Waals surface area contributed by atoms with Crippen molar-refractivity contribution in [1.29, 1.82) is 0 Å². The second-order valence-corrected chi connectivity index (χ2v) is 7.00. The van der Waals surface area contributed by atoms with E-state index in [1.807, 2.05) is 0 Å². The van der Waals surface area contributed by atoms with Crippen LogP contribution in [0.3, 0.4) is 0 Å². The molecule has 4 rings (SSSR count). The van der Waals surface area contributed by atoms with Crippen LogP contribution in [0.5, 0.6) is 5.75 Å². The summed E-state index contributed by atoms with van der Waals surface area (Å²) in [7, 11) is 0. The van der Waals surface area contributed by atoms with Crippen molar-refractivity contribution < 1.29 is 23.5 Å². The molecule has 0 N–H and O–H groups in total. The molecule has 1 saturated heterocycles. The van der Waals surface area contributed by atoms with E-state index < -0.39 is 5.97 Å². The van der Waals surface area contributed by atoms with Crippen molar-refractivity contribution in [2.45, 2.75) is 26.2 Å². The number of fused-ring (bicyclic) bond motifs is 1. The van der Waals surface area contributed by atoms with Gasteiger partial charge in [0.15, 0.2) is 0 Å². The zero-order chi connectivity index (χ0) is 18.3. The van der Waals surface area contributed by atoms with Gasteiger partial charge in [0, 0.05) is 0 Å². The van der Waals surface area contributed by atoms with Gasteiger partial charge in [0.1, 0.15) is 5.75 Å². The number of hydrogen-bond donors (Lipinski definition) is 0. The molecule has 2 aliphatic rings. The standard InChI is InChI=1S/C20H19NO5/c1-12-4-9-15-16(11-12)19(23)21(18(15)22)13-5-7-14(8-6-13)26-20(24)17-3-2-10-25-17/h2-3,5-8,10,12,15-16H,4,9,11H2,1H3/t12-,15-,16-/m1/s1. The third kappa shape index (κ3) is 2.81. The van der Waals surface area contributed by atoms with Crippen LogP contribution in [0.15, 0.2) is 47.1 Å². The Kier molecular flexibility index (Phi) is 4.11. The minimum atomic E-state index is -0.601. The summed E-state index contributed by atoms with van der Waals surface area (Å²) >= 11 is 0. The number of carbonyl (C=O) groups excluding carboxylic acids is 3. The van der Waals surface area contributed by atoms with Gasteiger partial charge in [-0.1, -0.05) is 6.92 Å². The Labute approximate surface area is 150 Å². The molecule has 134 valence electrons. The number of anilines is 1. The predicted octanol–water partition coefficient (Wildman–Crippen LogP) is 3.42. The first-order valence-electron chi connectivity index (χ1n) is 8.78. The molecule has 2 aromatic rings. The van der Waals surface area contributed by atoms with Crippen molar-refractivity contribution in [2.75, 3.05) is 4.90 Å². The van der Waals surface area contributed by atoms with E-state index in [9.17, 15) is 14.4 Å². The smallest absolute Gasteiger partial charge is 0.379 e. The molecule has 1 aliphatic heterocycles. The van der Waals surface area contributed by atoms with E-state index in [0.717, 1.165) is 19.3 Å². The lowest BCUT2D eigenvalue weighted by molar-refractivity contribution is -0.122. The van der Waals surface area contributed by atoms with Gasteiger partial charge in [0.05, 0.1) is 23.8 Å². The number of imide groups is 1. The summed E-state index contributed by atoms with van der Waals surface area (Å²) in [5.74, 6) is -0.346. The maximum absolute atomic E-state index is 12.7. The Bertz CT molecular complexity index is 840. The Balaban J connectivity index is 1.51. The van der Waals surface area contributed by atoms with Crippen LogP contribution in [-0.2, 0) is 9.59 Å². The first-order chi connectivity index (χ1) is 12.5. The average Bonchev–Trinajstić information content (AvgIpc) is 3.24. The first kappa shape index (κ1) is 16.6. The largest absolute Gasteiger partial charge is 0.457 e. The normalized spacial score (nSPS) is 25.3. The Hall–Kier alpha value is -2.89. The van der Waals surface area contributed by atoms with Crippen LogP contribution in [0.2, 0.25) is 0 Å². The van der Waals surface area contributed by atoms with Gasteiger partial charge >= 0.3 is 5.97 Å². The highest BCUT2D eigenvalue weighted by atomic mass is 16.5. The average molecular weight is 353 g/mol. The summed E-state index contributed by atoms with van der Waals surface area (Å²) in [5, 5.41) is 0. The van der Waals surface area contributed by atoms with Crippen LogP contribution < -0.4 is 9.64 Å². The van der Waals surface area contributed by atoms with Crippen LogP contribution in [0.25, 0.3) is 0 Å². The van der Waals surface area contributed by atoms with Crippen LogP contribution in [0.1, 0.15) is 36.7 Å². The molecule has 1 aromatic carbocycles. The van der Waals surface area contributed by atoms with Gasteiger partial charge in [-0.15, -0.1) is 0 Å². The number of nitrogens with zero attached hydrogens (tertiary/aromatic N) is 1. The maximum atomic E-state index is 12.7. The minimum absolute atomic E-state index is 0.108. The lowest BCUT2D eigenvalue weighted by Crippen LogP contribution is -2.30. The van der Waals surface area contributed by atoms with Crippen LogP contribution in [-0.4, -0.2) is 17.8 Å². The number of benzene rings is 1. The molecule has 2 amide bonds. The van der Waals surface area contributed by atoms with Gasteiger partial charge in [0.2, 0.25) is 17.6 Å². The molecule has 6 nitrogen and oxygen atoms in total. The summed E-state index contributed by atoms with van der Waals surface area (Å²) in [5.41, 5.74) is 0.514. The number of hydrogen-bond acceptors (Lipinski definition) is 5. The SMILES string of the molecule is C[C@@H]1CC[C@H]2C(=O)N(c3ccc(OC(=O)c4ccco4)cc3)C(=O)[C@@H]2C1. The fourth-order valence-electron chi connectivity index (χ4n) is 3.86. The summed E-state index contributed by atoms with van der Waals surface area (Å²) in [6, 6.07) is 9.51. The lowest BCUT2D eigenvalue weighted by Gasteiger charge is -2.25. The van der Waals surface area contributed by atoms with E-state index in [1.165, 1.54) is 17.2 Å². The minimum Gasteiger partial charge on any atom is -0.457 e. The van der Waals surface area contributed by atoms with Crippen molar-refractivity contribution in [2.24, 2.45) is 17.8 Å². The molecular formula is C20H19NO5. The molecule has 2 heterocycles. The zero-order valence-electron chi connectivity index (χ0n) is 14.4. The topological polar surface area (TPSA) is 76.8 Å². The molecule has 6 heteroatoms. The molecule has 1 aromatic heterocycles. The summed E-state index contributed by atoms with van der Waals surface area (Å²) in [6.07, 6.45) is 3.91. The van der Waals surface area contributed by atoms with E-state index in [4.69, 9.17) is 9.15 Å². The monoisotopic (exact) mass is 353 g/mol. The van der Waals surface area contributed by atoms with Gasteiger partial charge < -0.3 is 9.15 Å². The molecule has 0 unspecified atom stereocenters. The molecule has 1 saturated carbocycles. The molecule has 2 fully saturated rings. The summed E-state index contributed by atoms with van der Waals surface area (Å²) in [4.78, 5) is 38.6. The molecular weight excluding hydrogens is 334 g/mol. The second-order valence-electron chi connectivity index (χ2n) is 7.00. The summed E-state index contributed by atoms with van der Waals surface area (Å²) < 4.78 is 10.2. The molecule has 0 radical (unpaired) electrons. The highest BCUT2D eigenvalue weighted by Crippen LogP contribution is 2.42. The van der Waals surface area contributed by atoms with Gasteiger partial charge in [-0.2, -0.15) is 0 Å². The first-order valence-corrected chi connectivity index (χ1v) is 8.78. The van der Waals surface area contributed by atoms with Gasteiger partial charge in [-0.25, -0.2) is 4.79 Å². The fourth-order valence-corrected chi connectivity index (χ4v) is 3.86. The molecule has 0 spiro atoms. The Morgan fingerprint density at radius 3 is 2.50 bits per heavy atom. The summed E-state index contributed by atoms with van der Waals surface area (Å²) in [6.45, 7) is 2.12. The number of ether oxygens (including phenoxy) is 1. The highest BCUT2D eigenvalue weighted by Gasteiger charge is 2.49. The van der Waals surface area contributed by atoms with E-state index in [1.54, 1.807) is 30.3 Å². The van der Waals surface area contributed by atoms with Gasteiger partial charge in [0.25, 0.3) is 0 Å². The molecule has 26 heavy (non-hydrogen) atoms. The van der Waals surface area contributed by atoms with E-state index in [-0.39, 0.29) is 29.4 Å². The number of carbonyl (C=O) groups is 3. The number of amides is 2. The number of esters is 1. The Morgan fingerprint density at radius 2 is 1.81 bits per heavy atom.